The van der Waals surface area contributed by atoms with Crippen molar-refractivity contribution >= 4 is 17.5 Å². The summed E-state index contributed by atoms with van der Waals surface area (Å²) in [5, 5.41) is 5.43. The normalized spacial score (nSPS) is 10.3. The number of hydrogen-bond acceptors (Lipinski definition) is 2. The highest BCUT2D eigenvalue weighted by Gasteiger charge is 2.08. The lowest BCUT2D eigenvalue weighted by molar-refractivity contribution is -0.115. The lowest BCUT2D eigenvalue weighted by Gasteiger charge is -2.08. The Morgan fingerprint density at radius 1 is 1.00 bits per heavy atom. The molecule has 132 valence electrons. The third kappa shape index (κ3) is 6.42. The van der Waals surface area contributed by atoms with Crippen LogP contribution in [0.3, 0.4) is 0 Å². The Morgan fingerprint density at radius 2 is 1.76 bits per heavy atom. The van der Waals surface area contributed by atoms with Gasteiger partial charge in [-0.25, -0.2) is 0 Å². The van der Waals surface area contributed by atoms with Gasteiger partial charge in [0.25, 0.3) is 5.91 Å². The molecule has 0 saturated carbocycles. The van der Waals surface area contributed by atoms with E-state index in [4.69, 9.17) is 0 Å². The molecule has 0 spiro atoms. The maximum absolute atomic E-state index is 12.1. The molecule has 0 aliphatic carbocycles. The number of anilines is 1. The van der Waals surface area contributed by atoms with Crippen molar-refractivity contribution in [1.29, 1.82) is 0 Å². The van der Waals surface area contributed by atoms with E-state index < -0.39 is 0 Å². The van der Waals surface area contributed by atoms with E-state index in [0.29, 0.717) is 5.56 Å². The number of amides is 2. The fraction of sp³-hybridized carbons (Fsp3) is 0.333. The number of hydrogen-bond donors (Lipinski definition) is 2. The molecule has 0 unspecified atom stereocenters. The van der Waals surface area contributed by atoms with Crippen molar-refractivity contribution < 1.29 is 9.59 Å². The second kappa shape index (κ2) is 9.62. The minimum absolute atomic E-state index is 0.0506. The number of unbranched alkanes of at least 4 members (excludes halogenated alkanes) is 2. The zero-order valence-electron chi connectivity index (χ0n) is 15.0. The van der Waals surface area contributed by atoms with Crippen molar-refractivity contribution in [2.45, 2.75) is 39.5 Å². The molecule has 2 amide bonds. The summed E-state index contributed by atoms with van der Waals surface area (Å²) in [6.07, 6.45) is 4.62. The lowest BCUT2D eigenvalue weighted by atomic mass is 10.1. The van der Waals surface area contributed by atoms with Gasteiger partial charge in [-0.3, -0.25) is 9.59 Å². The Labute approximate surface area is 149 Å². The van der Waals surface area contributed by atoms with Crippen LogP contribution in [-0.4, -0.2) is 18.4 Å². The molecule has 25 heavy (non-hydrogen) atoms. The number of aryl methyl sites for hydroxylation is 2. The number of carbonyl (C=O) groups excluding carboxylic acids is 2. The first-order valence-electron chi connectivity index (χ1n) is 8.82. The molecule has 0 radical (unpaired) electrons. The van der Waals surface area contributed by atoms with Gasteiger partial charge >= 0.3 is 0 Å². The van der Waals surface area contributed by atoms with Gasteiger partial charge < -0.3 is 10.6 Å². The summed E-state index contributed by atoms with van der Waals surface area (Å²) in [5.41, 5.74) is 3.61. The lowest BCUT2D eigenvalue weighted by Crippen LogP contribution is -2.32. The van der Waals surface area contributed by atoms with Crippen molar-refractivity contribution in [2.75, 3.05) is 11.9 Å². The van der Waals surface area contributed by atoms with Crippen LogP contribution in [0.4, 0.5) is 5.69 Å². The minimum Gasteiger partial charge on any atom is -0.343 e. The van der Waals surface area contributed by atoms with Crippen LogP contribution >= 0.6 is 0 Å². The first kappa shape index (κ1) is 18.7. The van der Waals surface area contributed by atoms with Crippen LogP contribution in [0.15, 0.2) is 48.5 Å². The van der Waals surface area contributed by atoms with Crippen molar-refractivity contribution in [3.05, 3.63) is 65.2 Å². The van der Waals surface area contributed by atoms with E-state index in [1.165, 1.54) is 24.8 Å². The van der Waals surface area contributed by atoms with Crippen LogP contribution in [0.25, 0.3) is 0 Å². The summed E-state index contributed by atoms with van der Waals surface area (Å²) in [6.45, 7) is 4.09. The first-order chi connectivity index (χ1) is 12.1. The summed E-state index contributed by atoms with van der Waals surface area (Å²) in [6, 6.07) is 15.1. The maximum atomic E-state index is 12.1. The van der Waals surface area contributed by atoms with Crippen LogP contribution < -0.4 is 10.6 Å². The standard InChI is InChI=1S/C21H26N2O2/c1-3-4-5-8-17-10-12-18(13-11-17)21(25)22-15-20(24)23-19-9-6-7-16(2)14-19/h6-7,9-14H,3-5,8,15H2,1-2H3,(H,22,25)(H,23,24). The van der Waals surface area contributed by atoms with Gasteiger partial charge in [0.05, 0.1) is 6.54 Å². The zero-order chi connectivity index (χ0) is 18.1. The molecule has 0 aliphatic rings. The fourth-order valence-corrected chi connectivity index (χ4v) is 2.59. The molecule has 4 nitrogen and oxygen atoms in total. The van der Waals surface area contributed by atoms with Crippen molar-refractivity contribution in [1.82, 2.24) is 5.32 Å². The van der Waals surface area contributed by atoms with Crippen LogP contribution in [0.1, 0.15) is 47.7 Å². The number of nitrogens with one attached hydrogen (secondary N) is 2. The molecule has 0 atom stereocenters. The SMILES string of the molecule is CCCCCc1ccc(C(=O)NCC(=O)Nc2cccc(C)c2)cc1. The van der Waals surface area contributed by atoms with Gasteiger partial charge in [-0.1, -0.05) is 44.0 Å². The Balaban J connectivity index is 1.80. The highest BCUT2D eigenvalue weighted by molar-refractivity contribution is 5.99. The molecule has 0 heterocycles. The van der Waals surface area contributed by atoms with Crippen LogP contribution in [-0.2, 0) is 11.2 Å². The summed E-state index contributed by atoms with van der Waals surface area (Å²) < 4.78 is 0. The molecule has 0 aliphatic heterocycles. The Hall–Kier alpha value is -2.62. The molecule has 0 fully saturated rings. The molecule has 2 aromatic rings. The van der Waals surface area contributed by atoms with E-state index in [1.807, 2.05) is 55.5 Å². The summed E-state index contributed by atoms with van der Waals surface area (Å²) >= 11 is 0. The Morgan fingerprint density at radius 3 is 2.44 bits per heavy atom. The summed E-state index contributed by atoms with van der Waals surface area (Å²) in [7, 11) is 0. The fourth-order valence-electron chi connectivity index (χ4n) is 2.59. The van der Waals surface area contributed by atoms with Gasteiger partial charge in [0, 0.05) is 11.3 Å². The number of benzene rings is 2. The second-order valence-electron chi connectivity index (χ2n) is 6.25. The van der Waals surface area contributed by atoms with Crippen LogP contribution in [0.2, 0.25) is 0 Å². The zero-order valence-corrected chi connectivity index (χ0v) is 15.0. The predicted molar refractivity (Wildman–Crippen MR) is 102 cm³/mol. The van der Waals surface area contributed by atoms with Gasteiger partial charge in [-0.2, -0.15) is 0 Å². The highest BCUT2D eigenvalue weighted by atomic mass is 16.2. The van der Waals surface area contributed by atoms with Gasteiger partial charge in [-0.15, -0.1) is 0 Å². The highest BCUT2D eigenvalue weighted by Crippen LogP contribution is 2.10. The smallest absolute Gasteiger partial charge is 0.251 e. The second-order valence-corrected chi connectivity index (χ2v) is 6.25. The third-order valence-corrected chi connectivity index (χ3v) is 4.00. The van der Waals surface area contributed by atoms with E-state index in [1.54, 1.807) is 0 Å². The molecule has 4 heteroatoms. The third-order valence-electron chi connectivity index (χ3n) is 4.00. The van der Waals surface area contributed by atoms with Crippen LogP contribution in [0.5, 0.6) is 0 Å². The molecule has 2 aromatic carbocycles. The van der Waals surface area contributed by atoms with E-state index >= 15 is 0 Å². The molecule has 2 rings (SSSR count). The number of carbonyl (C=O) groups is 2. The Kier molecular flexibility index (Phi) is 7.20. The Bertz CT molecular complexity index is 708. The van der Waals surface area contributed by atoms with E-state index in [-0.39, 0.29) is 18.4 Å². The topological polar surface area (TPSA) is 58.2 Å². The molecular weight excluding hydrogens is 312 g/mol. The number of rotatable bonds is 8. The van der Waals surface area contributed by atoms with Gasteiger partial charge in [-0.05, 0) is 55.2 Å². The van der Waals surface area contributed by atoms with E-state index in [2.05, 4.69) is 17.6 Å². The van der Waals surface area contributed by atoms with Crippen molar-refractivity contribution in [3.63, 3.8) is 0 Å². The maximum Gasteiger partial charge on any atom is 0.251 e. The van der Waals surface area contributed by atoms with Gasteiger partial charge in [0.1, 0.15) is 0 Å². The van der Waals surface area contributed by atoms with Crippen molar-refractivity contribution in [2.24, 2.45) is 0 Å². The monoisotopic (exact) mass is 338 g/mol. The largest absolute Gasteiger partial charge is 0.343 e. The molecule has 2 N–H and O–H groups in total. The van der Waals surface area contributed by atoms with Gasteiger partial charge in [0.2, 0.25) is 5.91 Å². The molecule has 0 saturated heterocycles. The molecule has 0 aromatic heterocycles. The summed E-state index contributed by atoms with van der Waals surface area (Å²) in [4.78, 5) is 24.1. The average molecular weight is 338 g/mol. The minimum atomic E-state index is -0.241. The first-order valence-corrected chi connectivity index (χ1v) is 8.82. The predicted octanol–water partition coefficient (Wildman–Crippen LogP) is 4.10. The van der Waals surface area contributed by atoms with Gasteiger partial charge in [0.15, 0.2) is 0 Å². The van der Waals surface area contributed by atoms with E-state index in [0.717, 1.165) is 17.7 Å². The molecule has 0 bridgehead atoms. The van der Waals surface area contributed by atoms with Crippen molar-refractivity contribution in [3.8, 4) is 0 Å². The summed E-state index contributed by atoms with van der Waals surface area (Å²) in [5.74, 6) is -0.477. The van der Waals surface area contributed by atoms with E-state index in [9.17, 15) is 9.59 Å². The quantitative estimate of drug-likeness (QED) is 0.712. The molecular formula is C21H26N2O2. The average Bonchev–Trinajstić information content (AvgIpc) is 2.60. The van der Waals surface area contributed by atoms with Crippen LogP contribution in [0, 0.1) is 6.92 Å².